The molecule has 0 aromatic carbocycles. The van der Waals surface area contributed by atoms with E-state index in [0.717, 1.165) is 0 Å². The van der Waals surface area contributed by atoms with Gasteiger partial charge in [0.25, 0.3) is 9.12 Å². The predicted molar refractivity (Wildman–Crippen MR) is 19.1 cm³/mol. The van der Waals surface area contributed by atoms with Crippen molar-refractivity contribution in [3.63, 3.8) is 0 Å². The second-order valence-corrected chi connectivity index (χ2v) is 0. The van der Waals surface area contributed by atoms with E-state index < -0.39 is 0 Å². The summed E-state index contributed by atoms with van der Waals surface area (Å²) in [6.07, 6.45) is 0. The third-order valence-electron chi connectivity index (χ3n) is 0. The first kappa shape index (κ1) is 18.7. The van der Waals surface area contributed by atoms with E-state index in [2.05, 4.69) is 9.12 Å². The molecule has 0 aromatic rings. The number of hydrogen-bond acceptors (Lipinski definition) is 1. The minimum Gasteiger partial charge on any atom is -0.261 e. The summed E-state index contributed by atoms with van der Waals surface area (Å²) in [4.78, 5) is 0. The van der Waals surface area contributed by atoms with Crippen molar-refractivity contribution in [3.05, 3.63) is 0 Å². The fourth-order valence-corrected chi connectivity index (χ4v) is 0. The Hall–Kier alpha value is 1.27. The molecule has 0 atom stereocenters. The van der Waals surface area contributed by atoms with Crippen LogP contribution in [0.5, 0.6) is 0 Å². The molecule has 0 aromatic heterocycles. The Kier molecular flexibility index (Phi) is 132. The fourth-order valence-electron chi connectivity index (χ4n) is 0. The van der Waals surface area contributed by atoms with Gasteiger partial charge in [0.15, 0.2) is 0 Å². The molecule has 0 aliphatic carbocycles. The molecular formula is AlGaOP. The smallest absolute Gasteiger partial charge is 0.261 e. The van der Waals surface area contributed by atoms with Gasteiger partial charge in [0.2, 0.25) is 0 Å². The maximum Gasteiger partial charge on any atom is 0.261 e. The van der Waals surface area contributed by atoms with Crippen LogP contribution in [0.25, 0.3) is 0 Å². The van der Waals surface area contributed by atoms with Gasteiger partial charge in [0, 0.05) is 37.2 Å². The summed E-state index contributed by atoms with van der Waals surface area (Å²) < 4.78 is 7.94. The summed E-state index contributed by atoms with van der Waals surface area (Å²) in [5.41, 5.74) is 0. The van der Waals surface area contributed by atoms with E-state index in [4.69, 9.17) is 4.57 Å². The van der Waals surface area contributed by atoms with Gasteiger partial charge in [-0.15, -0.1) is 0 Å². The average Bonchev–Trinajstić information content (AvgIpc) is 1.00. The second-order valence-electron chi connectivity index (χ2n) is 0. The molecule has 0 N–H and O–H groups in total. The van der Waals surface area contributed by atoms with Crippen LogP contribution in [0.1, 0.15) is 0 Å². The Bertz CT molecular complexity index is 8.00. The third-order valence-corrected chi connectivity index (χ3v) is 0. The van der Waals surface area contributed by atoms with E-state index in [0.29, 0.717) is 0 Å². The average molecular weight is 144 g/mol. The van der Waals surface area contributed by atoms with Gasteiger partial charge in [-0.1, -0.05) is 0 Å². The van der Waals surface area contributed by atoms with Crippen LogP contribution in [0, 0.1) is 0 Å². The Morgan fingerprint density at radius 2 is 1.25 bits per heavy atom. The van der Waals surface area contributed by atoms with Gasteiger partial charge in [-0.3, -0.25) is 4.57 Å². The monoisotopic (exact) mass is 143 g/mol. The van der Waals surface area contributed by atoms with Crippen LogP contribution in [0.15, 0.2) is 0 Å². The van der Waals surface area contributed by atoms with Crippen molar-refractivity contribution in [2.75, 3.05) is 0 Å². The Morgan fingerprint density at radius 1 is 1.25 bits per heavy atom. The zero-order chi connectivity index (χ0) is 2.00. The molecule has 1 nitrogen and oxygen atoms in total. The van der Waals surface area contributed by atoms with E-state index in [9.17, 15) is 0 Å². The van der Waals surface area contributed by atoms with Crippen molar-refractivity contribution in [1.29, 1.82) is 0 Å². The molecule has 0 rings (SSSR count). The zero-order valence-electron chi connectivity index (χ0n) is 2.01. The molecule has 0 saturated carbocycles. The van der Waals surface area contributed by atoms with Crippen molar-refractivity contribution in [3.8, 4) is 0 Å². The van der Waals surface area contributed by atoms with Crippen molar-refractivity contribution < 1.29 is 4.57 Å². The SMILES string of the molecule is O=[P].[Al].[Ga]. The first-order valence-electron chi connectivity index (χ1n) is 0.183. The van der Waals surface area contributed by atoms with E-state index >= 15 is 0 Å². The van der Waals surface area contributed by atoms with Gasteiger partial charge in [-0.25, -0.2) is 0 Å². The maximum absolute atomic E-state index is 7.94. The standard InChI is InChI=1S/Al.Ga.OP/c;;1-2. The largest absolute Gasteiger partial charge is 0.261 e. The topological polar surface area (TPSA) is 17.1 Å². The quantitative estimate of drug-likeness (QED) is 0.344. The van der Waals surface area contributed by atoms with Crippen molar-refractivity contribution in [2.45, 2.75) is 0 Å². The third kappa shape index (κ3) is 10.5. The first-order valence-corrected chi connectivity index (χ1v) is 0.548. The molecule has 0 aliphatic rings. The van der Waals surface area contributed by atoms with Crippen LogP contribution < -0.4 is 0 Å². The van der Waals surface area contributed by atoms with Gasteiger partial charge in [0.05, 0.1) is 0 Å². The molecule has 0 amide bonds. The van der Waals surface area contributed by atoms with Gasteiger partial charge in [-0.2, -0.15) is 0 Å². The van der Waals surface area contributed by atoms with E-state index in [1.165, 1.54) is 0 Å². The summed E-state index contributed by atoms with van der Waals surface area (Å²) in [7, 11) is 2.28. The minimum atomic E-state index is 0. The molecule has 4 heavy (non-hydrogen) atoms. The van der Waals surface area contributed by atoms with Crippen molar-refractivity contribution in [1.82, 2.24) is 0 Å². The number of hydrogen-bond donors (Lipinski definition) is 0. The van der Waals surface area contributed by atoms with E-state index in [-0.39, 0.29) is 37.2 Å². The normalized spacial score (nSPS) is 1.00. The van der Waals surface area contributed by atoms with Gasteiger partial charge in [-0.05, 0) is 0 Å². The Balaban J connectivity index is -0.00000000500. The molecule has 0 spiro atoms. The van der Waals surface area contributed by atoms with Crippen LogP contribution in [-0.2, 0) is 4.57 Å². The second kappa shape index (κ2) is 28.3. The Labute approximate surface area is 51.0 Å². The molecule has 0 unspecified atom stereocenters. The zero-order valence-corrected chi connectivity index (χ0v) is 6.48. The summed E-state index contributed by atoms with van der Waals surface area (Å²) in [5, 5.41) is 0. The molecule has 0 saturated heterocycles. The van der Waals surface area contributed by atoms with Gasteiger partial charge >= 0.3 is 0 Å². The predicted octanol–water partition coefficient (Wildman–Crippen LogP) is -0.0192. The van der Waals surface area contributed by atoms with Crippen molar-refractivity contribution in [2.24, 2.45) is 0 Å². The van der Waals surface area contributed by atoms with Crippen molar-refractivity contribution >= 4 is 46.3 Å². The molecule has 4 heteroatoms. The molecule has 0 heterocycles. The summed E-state index contributed by atoms with van der Waals surface area (Å²) in [6.45, 7) is 0. The van der Waals surface area contributed by atoms with Crippen LogP contribution in [0.3, 0.4) is 0 Å². The maximum atomic E-state index is 7.94. The number of rotatable bonds is 0. The summed E-state index contributed by atoms with van der Waals surface area (Å²) >= 11 is 0. The summed E-state index contributed by atoms with van der Waals surface area (Å²) in [5.74, 6) is 0. The Morgan fingerprint density at radius 3 is 1.25 bits per heavy atom. The molecule has 7 radical (unpaired) electrons. The fraction of sp³-hybridized carbons (Fsp3) is 0. The van der Waals surface area contributed by atoms with Gasteiger partial charge in [0.1, 0.15) is 0 Å². The van der Waals surface area contributed by atoms with Crippen LogP contribution in [-0.4, -0.2) is 37.2 Å². The minimum absolute atomic E-state index is 0. The van der Waals surface area contributed by atoms with Crippen LogP contribution in [0.2, 0.25) is 0 Å². The van der Waals surface area contributed by atoms with Crippen LogP contribution >= 0.6 is 9.12 Å². The van der Waals surface area contributed by atoms with Gasteiger partial charge < -0.3 is 0 Å². The molecule has 17 valence electrons. The molecule has 0 aliphatic heterocycles. The molecular weight excluding hydrogens is 144 g/mol. The van der Waals surface area contributed by atoms with E-state index in [1.807, 2.05) is 0 Å². The summed E-state index contributed by atoms with van der Waals surface area (Å²) in [6, 6.07) is 0. The van der Waals surface area contributed by atoms with Crippen LogP contribution in [0.4, 0.5) is 0 Å². The first-order chi connectivity index (χ1) is 1.00. The van der Waals surface area contributed by atoms with E-state index in [1.54, 1.807) is 0 Å². The molecule has 0 bridgehead atoms. The molecule has 0 fully saturated rings.